The molecule has 2 fully saturated rings. The minimum atomic E-state index is -3.05. The Balaban J connectivity index is 1.70. The van der Waals surface area contributed by atoms with E-state index < -0.39 is 10.0 Å². The zero-order chi connectivity index (χ0) is 12.8. The van der Waals surface area contributed by atoms with Gasteiger partial charge in [-0.15, -0.1) is 0 Å². The van der Waals surface area contributed by atoms with Crippen molar-refractivity contribution < 1.29 is 8.42 Å². The molecule has 1 saturated carbocycles. The second-order valence-corrected chi connectivity index (χ2v) is 7.73. The quantitative estimate of drug-likeness (QED) is 0.801. The van der Waals surface area contributed by atoms with Gasteiger partial charge in [0.1, 0.15) is 0 Å². The van der Waals surface area contributed by atoms with E-state index in [-0.39, 0.29) is 5.25 Å². The molecular weight excluding hydrogens is 248 g/mol. The maximum Gasteiger partial charge on any atom is 0.214 e. The highest BCUT2D eigenvalue weighted by molar-refractivity contribution is 7.90. The summed E-state index contributed by atoms with van der Waals surface area (Å²) in [7, 11) is -3.05. The Labute approximate surface area is 111 Å². The molecule has 1 aliphatic carbocycles. The third-order valence-electron chi connectivity index (χ3n) is 4.31. The molecule has 0 radical (unpaired) electrons. The van der Waals surface area contributed by atoms with Gasteiger partial charge in [-0.1, -0.05) is 19.3 Å². The number of nitrogens with one attached hydrogen (secondary N) is 2. The number of rotatable bonds is 5. The Hall–Kier alpha value is -0.130. The first kappa shape index (κ1) is 14.3. The van der Waals surface area contributed by atoms with E-state index >= 15 is 0 Å². The molecule has 0 bridgehead atoms. The Morgan fingerprint density at radius 1 is 1.00 bits per heavy atom. The van der Waals surface area contributed by atoms with Crippen molar-refractivity contribution in [2.45, 2.75) is 56.6 Å². The molecule has 0 aromatic carbocycles. The van der Waals surface area contributed by atoms with Gasteiger partial charge in [-0.05, 0) is 51.1 Å². The van der Waals surface area contributed by atoms with Crippen LogP contribution in [0.2, 0.25) is 0 Å². The largest absolute Gasteiger partial charge is 0.317 e. The van der Waals surface area contributed by atoms with Gasteiger partial charge in [0.15, 0.2) is 0 Å². The van der Waals surface area contributed by atoms with Gasteiger partial charge in [-0.25, -0.2) is 13.1 Å². The van der Waals surface area contributed by atoms with Gasteiger partial charge in [0.2, 0.25) is 10.0 Å². The van der Waals surface area contributed by atoms with Crippen molar-refractivity contribution in [2.24, 2.45) is 5.92 Å². The summed E-state index contributed by atoms with van der Waals surface area (Å²) in [5, 5.41) is 3.21. The van der Waals surface area contributed by atoms with Crippen molar-refractivity contribution in [3.05, 3.63) is 0 Å². The minimum Gasteiger partial charge on any atom is -0.317 e. The molecule has 2 rings (SSSR count). The van der Waals surface area contributed by atoms with Gasteiger partial charge < -0.3 is 5.32 Å². The van der Waals surface area contributed by atoms with E-state index in [1.54, 1.807) is 0 Å². The van der Waals surface area contributed by atoms with Crippen LogP contribution in [-0.2, 0) is 10.0 Å². The molecule has 1 saturated heterocycles. The first-order valence-electron chi connectivity index (χ1n) is 7.38. The molecule has 2 aliphatic rings. The SMILES string of the molecule is O=S(=O)(NCCC1CCNCC1)C1CCCCC1. The molecule has 0 amide bonds. The van der Waals surface area contributed by atoms with Crippen LogP contribution in [0.25, 0.3) is 0 Å². The Kier molecular flexibility index (Phi) is 5.45. The molecule has 0 aromatic heterocycles. The van der Waals surface area contributed by atoms with Crippen LogP contribution in [0.4, 0.5) is 0 Å². The maximum atomic E-state index is 12.1. The molecule has 2 N–H and O–H groups in total. The first-order chi connectivity index (χ1) is 8.68. The zero-order valence-corrected chi connectivity index (χ0v) is 12.0. The second kappa shape index (κ2) is 6.87. The molecule has 0 unspecified atom stereocenters. The zero-order valence-electron chi connectivity index (χ0n) is 11.2. The lowest BCUT2D eigenvalue weighted by molar-refractivity contribution is 0.354. The topological polar surface area (TPSA) is 58.2 Å². The van der Waals surface area contributed by atoms with Crippen LogP contribution < -0.4 is 10.0 Å². The number of hydrogen-bond donors (Lipinski definition) is 2. The first-order valence-corrected chi connectivity index (χ1v) is 8.92. The van der Waals surface area contributed by atoms with E-state index in [4.69, 9.17) is 0 Å². The summed E-state index contributed by atoms with van der Waals surface area (Å²) in [6.45, 7) is 2.80. The lowest BCUT2D eigenvalue weighted by atomic mass is 9.95. The lowest BCUT2D eigenvalue weighted by Crippen LogP contribution is -2.37. The summed E-state index contributed by atoms with van der Waals surface area (Å²) in [6, 6.07) is 0. The van der Waals surface area contributed by atoms with Gasteiger partial charge >= 0.3 is 0 Å². The summed E-state index contributed by atoms with van der Waals surface area (Å²) in [5.74, 6) is 0.695. The minimum absolute atomic E-state index is 0.126. The molecule has 0 aromatic rings. The standard InChI is InChI=1S/C13H26N2O2S/c16-18(17,13-4-2-1-3-5-13)15-11-8-12-6-9-14-10-7-12/h12-15H,1-11H2. The molecule has 4 nitrogen and oxygen atoms in total. The molecule has 5 heteroatoms. The van der Waals surface area contributed by atoms with Gasteiger partial charge in [0.05, 0.1) is 5.25 Å². The highest BCUT2D eigenvalue weighted by Crippen LogP contribution is 2.23. The van der Waals surface area contributed by atoms with Crippen LogP contribution in [0.15, 0.2) is 0 Å². The average molecular weight is 274 g/mol. The monoisotopic (exact) mass is 274 g/mol. The van der Waals surface area contributed by atoms with E-state index in [1.807, 2.05) is 0 Å². The fourth-order valence-corrected chi connectivity index (χ4v) is 4.66. The van der Waals surface area contributed by atoms with E-state index in [9.17, 15) is 8.42 Å². The molecular formula is C13H26N2O2S. The van der Waals surface area contributed by atoms with E-state index in [0.717, 1.165) is 45.2 Å². The third-order valence-corrected chi connectivity index (χ3v) is 6.26. The normalized spacial score (nSPS) is 24.2. The fourth-order valence-electron chi connectivity index (χ4n) is 3.07. The number of hydrogen-bond acceptors (Lipinski definition) is 3. The van der Waals surface area contributed by atoms with Crippen LogP contribution in [-0.4, -0.2) is 33.3 Å². The molecule has 1 heterocycles. The van der Waals surface area contributed by atoms with Gasteiger partial charge in [0, 0.05) is 6.54 Å². The summed E-state index contributed by atoms with van der Waals surface area (Å²) in [4.78, 5) is 0. The van der Waals surface area contributed by atoms with Crippen molar-refractivity contribution in [1.82, 2.24) is 10.0 Å². The molecule has 18 heavy (non-hydrogen) atoms. The summed E-state index contributed by atoms with van der Waals surface area (Å²) >= 11 is 0. The third kappa shape index (κ3) is 4.21. The second-order valence-electron chi connectivity index (χ2n) is 5.68. The van der Waals surface area contributed by atoms with Crippen LogP contribution in [0.5, 0.6) is 0 Å². The van der Waals surface area contributed by atoms with E-state index in [1.165, 1.54) is 19.3 Å². The van der Waals surface area contributed by atoms with E-state index in [2.05, 4.69) is 10.0 Å². The average Bonchev–Trinajstić information content (AvgIpc) is 2.41. The van der Waals surface area contributed by atoms with Crippen LogP contribution >= 0.6 is 0 Å². The van der Waals surface area contributed by atoms with Crippen molar-refractivity contribution >= 4 is 10.0 Å². The van der Waals surface area contributed by atoms with Crippen LogP contribution in [0.1, 0.15) is 51.4 Å². The van der Waals surface area contributed by atoms with Crippen molar-refractivity contribution in [1.29, 1.82) is 0 Å². The maximum absolute atomic E-state index is 12.1. The summed E-state index contributed by atoms with van der Waals surface area (Å²) in [5.41, 5.74) is 0. The van der Waals surface area contributed by atoms with Crippen molar-refractivity contribution in [3.63, 3.8) is 0 Å². The number of sulfonamides is 1. The van der Waals surface area contributed by atoms with Crippen LogP contribution in [0.3, 0.4) is 0 Å². The fraction of sp³-hybridized carbons (Fsp3) is 1.00. The summed E-state index contributed by atoms with van der Waals surface area (Å²) in [6.07, 6.45) is 8.40. The van der Waals surface area contributed by atoms with Crippen molar-refractivity contribution in [2.75, 3.05) is 19.6 Å². The molecule has 0 atom stereocenters. The predicted molar refractivity (Wildman–Crippen MR) is 74.0 cm³/mol. The van der Waals surface area contributed by atoms with Gasteiger partial charge in [-0.2, -0.15) is 0 Å². The molecule has 106 valence electrons. The molecule has 1 aliphatic heterocycles. The highest BCUT2D eigenvalue weighted by Gasteiger charge is 2.26. The lowest BCUT2D eigenvalue weighted by Gasteiger charge is -2.24. The molecule has 0 spiro atoms. The Morgan fingerprint density at radius 2 is 1.67 bits per heavy atom. The van der Waals surface area contributed by atoms with Gasteiger partial charge in [0.25, 0.3) is 0 Å². The predicted octanol–water partition coefficient (Wildman–Crippen LogP) is 1.63. The van der Waals surface area contributed by atoms with E-state index in [0.29, 0.717) is 12.5 Å². The Morgan fingerprint density at radius 3 is 2.33 bits per heavy atom. The van der Waals surface area contributed by atoms with Gasteiger partial charge in [-0.3, -0.25) is 0 Å². The summed E-state index contributed by atoms with van der Waals surface area (Å²) < 4.78 is 27.0. The van der Waals surface area contributed by atoms with Crippen LogP contribution in [0, 0.1) is 5.92 Å². The number of piperidine rings is 1. The smallest absolute Gasteiger partial charge is 0.214 e. The van der Waals surface area contributed by atoms with Crippen molar-refractivity contribution in [3.8, 4) is 0 Å². The Bertz CT molecular complexity index is 331. The highest BCUT2D eigenvalue weighted by atomic mass is 32.2.